The molecule has 17 nitrogen and oxygen atoms in total. The van der Waals surface area contributed by atoms with E-state index in [4.69, 9.17) is 19.9 Å². The number of carbonyl (C=O) groups is 6. The summed E-state index contributed by atoms with van der Waals surface area (Å²) in [5.74, 6) is -5.35. The predicted molar refractivity (Wildman–Crippen MR) is 230 cm³/mol. The van der Waals surface area contributed by atoms with E-state index in [9.17, 15) is 48.9 Å². The fraction of sp³-hybridized carbons (Fsp3) is 0.596. The number of Topliss-reactive ketones (excluding diaryl/α,β-unsaturated/α-hetero) is 1. The van der Waals surface area contributed by atoms with Gasteiger partial charge in [0.15, 0.2) is 24.0 Å². The van der Waals surface area contributed by atoms with Crippen LogP contribution in [0.1, 0.15) is 95.0 Å². The molecule has 1 aliphatic heterocycles. The number of benzene rings is 1. The van der Waals surface area contributed by atoms with E-state index < -0.39 is 107 Å². The Hall–Kier alpha value is -5.46. The van der Waals surface area contributed by atoms with Crippen LogP contribution in [0.25, 0.3) is 10.9 Å². The first kappa shape index (κ1) is 46.1. The second-order valence-corrected chi connectivity index (χ2v) is 19.3. The fourth-order valence-electron chi connectivity index (χ4n) is 12.1. The molecule has 0 bridgehead atoms. The number of fused-ring (bicyclic) bond motifs is 6. The normalized spacial score (nSPS) is 31.0. The number of aliphatic hydroxyl groups is 2. The van der Waals surface area contributed by atoms with Gasteiger partial charge in [0.05, 0.1) is 37.0 Å². The van der Waals surface area contributed by atoms with Crippen molar-refractivity contribution in [3.63, 3.8) is 0 Å². The Bertz CT molecular complexity index is 2480. The number of nitrogens with two attached hydrogens (primary N) is 1. The number of anilines is 1. The maximum absolute atomic E-state index is 15.9. The highest BCUT2D eigenvalue weighted by Crippen LogP contribution is 2.67. The lowest BCUT2D eigenvalue weighted by Gasteiger charge is -2.59. The molecule has 5 unspecified atom stereocenters. The van der Waals surface area contributed by atoms with Crippen LogP contribution in [0, 0.1) is 34.4 Å². The number of carboxylic acids is 1. The summed E-state index contributed by atoms with van der Waals surface area (Å²) in [6.07, 6.45) is 8.43. The number of hydrogen-bond donors (Lipinski definition) is 4. The predicted octanol–water partition coefficient (Wildman–Crippen LogP) is 2.99. The molecule has 5 N–H and O–H groups in total. The molecule has 8 rings (SSSR count). The lowest BCUT2D eigenvalue weighted by Crippen LogP contribution is -2.61. The van der Waals surface area contributed by atoms with Crippen molar-refractivity contribution in [3.8, 4) is 5.75 Å². The van der Waals surface area contributed by atoms with Crippen LogP contribution in [0.2, 0.25) is 0 Å². The second kappa shape index (κ2) is 17.1. The molecule has 4 saturated carbocycles. The molecule has 65 heavy (non-hydrogen) atoms. The number of ether oxygens (including phenoxy) is 3. The molecular formula is C47H57FN4O13. The third kappa shape index (κ3) is 7.84. The van der Waals surface area contributed by atoms with Crippen LogP contribution in [-0.4, -0.2) is 124 Å². The van der Waals surface area contributed by atoms with Gasteiger partial charge in [-0.1, -0.05) is 25.5 Å². The van der Waals surface area contributed by atoms with Gasteiger partial charge in [0, 0.05) is 54.7 Å². The molecule has 2 aromatic rings. The Morgan fingerprint density at radius 2 is 1.74 bits per heavy atom. The molecule has 350 valence electrons. The summed E-state index contributed by atoms with van der Waals surface area (Å²) in [6.45, 7) is 4.79. The number of allylic oxidation sites excluding steroid dienone is 4. The number of pyridine rings is 1. The van der Waals surface area contributed by atoms with Crippen molar-refractivity contribution in [2.75, 3.05) is 44.9 Å². The van der Waals surface area contributed by atoms with E-state index >= 15 is 4.39 Å². The summed E-state index contributed by atoms with van der Waals surface area (Å²) in [5.41, 5.74) is 2.91. The SMILES string of the molecule is COc1c(N2CCN(C(=O)C(N)COC(=O)CCC(=O)OCC(=O)[C@@]3(O)CCC4C5CCC6=CC(=O)C=C[C@]6(C)C5[C@@H](O)C[C@@]43C)C(C)C2)c(F)cc2c(=O)c(C(=O)O)cn(C3CC3)c12. The second-order valence-electron chi connectivity index (χ2n) is 19.3. The van der Waals surface area contributed by atoms with E-state index in [0.717, 1.165) is 24.5 Å². The van der Waals surface area contributed by atoms with Crippen LogP contribution >= 0.6 is 0 Å². The topological polar surface area (TPSA) is 245 Å². The highest BCUT2D eigenvalue weighted by Gasteiger charge is 2.68. The van der Waals surface area contributed by atoms with Crippen LogP contribution < -0.4 is 20.8 Å². The molecule has 1 aromatic carbocycles. The number of piperazine rings is 1. The van der Waals surface area contributed by atoms with E-state index in [-0.39, 0.29) is 84.4 Å². The van der Waals surface area contributed by atoms with Crippen molar-refractivity contribution in [3.05, 3.63) is 57.7 Å². The Labute approximate surface area is 374 Å². The molecular weight excluding hydrogens is 848 g/mol. The molecule has 2 heterocycles. The molecule has 5 fully saturated rings. The number of carboxylic acid groups (broad SMARTS) is 1. The quantitative estimate of drug-likeness (QED) is 0.211. The molecule has 0 radical (unpaired) electrons. The Balaban J connectivity index is 0.814. The summed E-state index contributed by atoms with van der Waals surface area (Å²) >= 11 is 0. The van der Waals surface area contributed by atoms with Gasteiger partial charge in [-0.2, -0.15) is 0 Å². The summed E-state index contributed by atoms with van der Waals surface area (Å²) in [6, 6.07) is -0.810. The summed E-state index contributed by atoms with van der Waals surface area (Å²) in [5, 5.41) is 33.1. The molecule has 1 aromatic heterocycles. The number of nitrogens with zero attached hydrogens (tertiary/aromatic N) is 3. The largest absolute Gasteiger partial charge is 0.492 e. The summed E-state index contributed by atoms with van der Waals surface area (Å²) in [4.78, 5) is 92.8. The minimum Gasteiger partial charge on any atom is -0.492 e. The van der Waals surface area contributed by atoms with Crippen molar-refractivity contribution in [2.24, 2.45) is 34.3 Å². The maximum atomic E-state index is 15.9. The molecule has 1 saturated heterocycles. The number of methoxy groups -OCH3 is 1. The minimum absolute atomic E-state index is 0.00257. The molecule has 5 aliphatic carbocycles. The molecule has 18 heteroatoms. The van der Waals surface area contributed by atoms with Crippen LogP contribution in [0.4, 0.5) is 10.1 Å². The molecule has 6 aliphatic rings. The van der Waals surface area contributed by atoms with Crippen molar-refractivity contribution < 1.29 is 62.7 Å². The van der Waals surface area contributed by atoms with Crippen LogP contribution in [0.3, 0.4) is 0 Å². The fourth-order valence-corrected chi connectivity index (χ4v) is 12.1. The van der Waals surface area contributed by atoms with Crippen molar-refractivity contribution in [1.82, 2.24) is 9.47 Å². The lowest BCUT2D eigenvalue weighted by atomic mass is 9.46. The number of amides is 1. The van der Waals surface area contributed by atoms with Gasteiger partial charge in [-0.15, -0.1) is 0 Å². The molecule has 1 amide bonds. The van der Waals surface area contributed by atoms with Crippen molar-refractivity contribution >= 4 is 52.0 Å². The van der Waals surface area contributed by atoms with E-state index in [1.54, 1.807) is 28.5 Å². The highest BCUT2D eigenvalue weighted by molar-refractivity contribution is 6.01. The van der Waals surface area contributed by atoms with Crippen molar-refractivity contribution in [2.45, 2.75) is 108 Å². The van der Waals surface area contributed by atoms with Gasteiger partial charge >= 0.3 is 17.9 Å². The monoisotopic (exact) mass is 904 g/mol. The van der Waals surface area contributed by atoms with Gasteiger partial charge in [-0.3, -0.25) is 28.8 Å². The molecule has 0 spiro atoms. The van der Waals surface area contributed by atoms with Gasteiger partial charge in [-0.05, 0) is 81.9 Å². The number of aromatic carboxylic acids is 1. The maximum Gasteiger partial charge on any atom is 0.341 e. The standard InChI is InChI=1S/C47H57FN4O13/c1-24-20-50(40-32(48)18-29-39(42(40)63-4)52(26-6-7-26)21-30(41(29)58)44(60)61)15-16-51(24)43(59)33(49)22-64-36(56)9-10-37(57)65-23-35(55)47(62)14-12-31-28-8-5-25-17-27(53)11-13-45(25,2)38(28)34(54)19-46(31,47)3/h11,13,17-18,21,24,26,28,31,33-34,38,54,62H,5-10,12,14-16,19-20,22-23,49H2,1-4H3,(H,60,61)/t24?,28?,31?,33?,34-,38?,45-,46-,47-/m0/s1. The van der Waals surface area contributed by atoms with Crippen LogP contribution in [0.15, 0.2) is 40.9 Å². The van der Waals surface area contributed by atoms with E-state index in [1.807, 2.05) is 19.9 Å². The first-order valence-corrected chi connectivity index (χ1v) is 22.4. The third-order valence-corrected chi connectivity index (χ3v) is 15.5. The Morgan fingerprint density at radius 1 is 1.03 bits per heavy atom. The number of aliphatic hydroxyl groups excluding tert-OH is 1. The third-order valence-electron chi connectivity index (χ3n) is 15.5. The molecule has 9 atom stereocenters. The minimum atomic E-state index is -1.85. The van der Waals surface area contributed by atoms with Crippen LogP contribution in [0.5, 0.6) is 5.75 Å². The average molecular weight is 905 g/mol. The van der Waals surface area contributed by atoms with Crippen molar-refractivity contribution in [1.29, 1.82) is 0 Å². The smallest absolute Gasteiger partial charge is 0.341 e. The zero-order valence-corrected chi connectivity index (χ0v) is 37.0. The first-order valence-electron chi connectivity index (χ1n) is 22.4. The van der Waals surface area contributed by atoms with Gasteiger partial charge < -0.3 is 49.6 Å². The number of ketones is 2. The van der Waals surface area contributed by atoms with E-state index in [1.165, 1.54) is 18.2 Å². The first-order chi connectivity index (χ1) is 30.7. The zero-order chi connectivity index (χ0) is 46.9. The Morgan fingerprint density at radius 3 is 2.40 bits per heavy atom. The summed E-state index contributed by atoms with van der Waals surface area (Å²) in [7, 11) is 1.34. The lowest BCUT2D eigenvalue weighted by molar-refractivity contribution is -0.181. The number of rotatable bonds is 13. The Kier molecular flexibility index (Phi) is 12.1. The number of hydrogen-bond acceptors (Lipinski definition) is 14. The number of esters is 2. The van der Waals surface area contributed by atoms with Gasteiger partial charge in [0.2, 0.25) is 17.1 Å². The highest BCUT2D eigenvalue weighted by atomic mass is 19.1. The van der Waals surface area contributed by atoms with Gasteiger partial charge in [0.25, 0.3) is 0 Å². The van der Waals surface area contributed by atoms with E-state index in [2.05, 4.69) is 0 Å². The average Bonchev–Trinajstić information content (AvgIpc) is 4.07. The number of aromatic nitrogens is 1. The number of halogens is 1. The van der Waals surface area contributed by atoms with E-state index in [0.29, 0.717) is 19.3 Å². The van der Waals surface area contributed by atoms with Gasteiger partial charge in [0.1, 0.15) is 29.5 Å². The van der Waals surface area contributed by atoms with Crippen LogP contribution in [-0.2, 0) is 33.4 Å². The zero-order valence-electron chi connectivity index (χ0n) is 37.0. The van der Waals surface area contributed by atoms with Gasteiger partial charge in [-0.25, -0.2) is 9.18 Å². The summed E-state index contributed by atoms with van der Waals surface area (Å²) < 4.78 is 33.7. The number of carbonyl (C=O) groups excluding carboxylic acids is 5.